The molecule has 5 rings (SSSR count). The molecule has 33 heavy (non-hydrogen) atoms. The molecule has 1 N–H and O–H groups in total. The maximum atomic E-state index is 12.8. The number of para-hydroxylation sites is 1. The van der Waals surface area contributed by atoms with Crippen molar-refractivity contribution < 1.29 is 9.53 Å². The summed E-state index contributed by atoms with van der Waals surface area (Å²) in [5, 5.41) is 6.29. The van der Waals surface area contributed by atoms with Crippen molar-refractivity contribution in [2.24, 2.45) is 5.92 Å². The van der Waals surface area contributed by atoms with Crippen LogP contribution in [0.15, 0.2) is 66.0 Å². The van der Waals surface area contributed by atoms with Crippen molar-refractivity contribution >= 4 is 39.0 Å². The molecule has 1 amide bonds. The van der Waals surface area contributed by atoms with E-state index < -0.39 is 0 Å². The van der Waals surface area contributed by atoms with Crippen LogP contribution in [0.2, 0.25) is 0 Å². The predicted molar refractivity (Wildman–Crippen MR) is 134 cm³/mol. The molecule has 0 radical (unpaired) electrons. The Morgan fingerprint density at radius 1 is 1.06 bits per heavy atom. The molecular formula is C26H26N4O2S. The molecule has 2 aromatic heterocycles. The van der Waals surface area contributed by atoms with Gasteiger partial charge in [-0.1, -0.05) is 48.5 Å². The van der Waals surface area contributed by atoms with Crippen LogP contribution >= 0.6 is 11.3 Å². The first kappa shape index (κ1) is 21.6. The summed E-state index contributed by atoms with van der Waals surface area (Å²) >= 11 is 1.64. The average Bonchev–Trinajstić information content (AvgIpc) is 3.29. The number of hydrogen-bond donors (Lipinski definition) is 1. The van der Waals surface area contributed by atoms with Crippen molar-refractivity contribution in [3.63, 3.8) is 0 Å². The summed E-state index contributed by atoms with van der Waals surface area (Å²) in [6, 6.07) is 20.0. The summed E-state index contributed by atoms with van der Waals surface area (Å²) in [5.74, 6) is 1.71. The molecule has 0 unspecified atom stereocenters. The number of thiophene rings is 1. The van der Waals surface area contributed by atoms with E-state index in [-0.39, 0.29) is 11.8 Å². The maximum absolute atomic E-state index is 12.8. The number of carbonyl (C=O) groups is 1. The number of nitrogens with one attached hydrogen (secondary N) is 1. The second kappa shape index (κ2) is 9.68. The number of hydrogen-bond acceptors (Lipinski definition) is 6. The second-order valence-corrected chi connectivity index (χ2v) is 9.07. The third-order valence-electron chi connectivity index (χ3n) is 6.03. The van der Waals surface area contributed by atoms with Gasteiger partial charge in [-0.2, -0.15) is 0 Å². The highest BCUT2D eigenvalue weighted by Gasteiger charge is 2.28. The third-order valence-corrected chi connectivity index (χ3v) is 6.90. The number of piperidine rings is 1. The lowest BCUT2D eigenvalue weighted by atomic mass is 9.95. The topological polar surface area (TPSA) is 67.3 Å². The normalized spacial score (nSPS) is 14.5. The highest BCUT2D eigenvalue weighted by molar-refractivity contribution is 7.17. The number of aromatic nitrogens is 2. The Morgan fingerprint density at radius 2 is 1.76 bits per heavy atom. The Morgan fingerprint density at radius 3 is 2.45 bits per heavy atom. The van der Waals surface area contributed by atoms with E-state index in [9.17, 15) is 4.79 Å². The standard InChI is InChI=1S/C26H26N4O2S/c1-32-16-22-28-24(23-21(17-33-26(23)29-22)18-8-4-2-5-9-18)30-14-12-19(13-15-30)25(31)27-20-10-6-3-7-11-20/h2-11,17,19H,12-16H2,1H3,(H,27,31). The number of anilines is 2. The lowest BCUT2D eigenvalue weighted by molar-refractivity contribution is -0.120. The van der Waals surface area contributed by atoms with Gasteiger partial charge in [0.15, 0.2) is 5.82 Å². The molecule has 1 aliphatic rings. The highest BCUT2D eigenvalue weighted by atomic mass is 32.1. The largest absolute Gasteiger partial charge is 0.377 e. The van der Waals surface area contributed by atoms with E-state index in [1.165, 1.54) is 0 Å². The van der Waals surface area contributed by atoms with Gasteiger partial charge in [0.05, 0.1) is 5.39 Å². The van der Waals surface area contributed by atoms with Crippen molar-refractivity contribution in [2.75, 3.05) is 30.4 Å². The molecular weight excluding hydrogens is 432 g/mol. The fourth-order valence-electron chi connectivity index (χ4n) is 4.34. The molecule has 7 heteroatoms. The minimum Gasteiger partial charge on any atom is -0.377 e. The number of methoxy groups -OCH3 is 1. The van der Waals surface area contributed by atoms with Crippen molar-refractivity contribution in [3.05, 3.63) is 71.9 Å². The minimum absolute atomic E-state index is 0.00621. The van der Waals surface area contributed by atoms with Crippen LogP contribution in [0.4, 0.5) is 11.5 Å². The maximum Gasteiger partial charge on any atom is 0.227 e. The molecule has 0 atom stereocenters. The van der Waals surface area contributed by atoms with Crippen LogP contribution in [-0.2, 0) is 16.1 Å². The molecule has 4 aromatic rings. The van der Waals surface area contributed by atoms with Crippen LogP contribution in [0.1, 0.15) is 18.7 Å². The molecule has 0 aliphatic carbocycles. The fourth-order valence-corrected chi connectivity index (χ4v) is 5.30. The zero-order chi connectivity index (χ0) is 22.6. The number of amides is 1. The second-order valence-electron chi connectivity index (χ2n) is 8.21. The molecule has 2 aromatic carbocycles. The molecule has 168 valence electrons. The molecule has 1 saturated heterocycles. The van der Waals surface area contributed by atoms with Crippen LogP contribution in [0.25, 0.3) is 21.3 Å². The first-order chi connectivity index (χ1) is 16.2. The lowest BCUT2D eigenvalue weighted by Gasteiger charge is -2.33. The molecule has 0 saturated carbocycles. The van der Waals surface area contributed by atoms with Gasteiger partial charge in [-0.25, -0.2) is 9.97 Å². The first-order valence-corrected chi connectivity index (χ1v) is 12.0. The van der Waals surface area contributed by atoms with E-state index in [1.54, 1.807) is 18.4 Å². The first-order valence-electron chi connectivity index (χ1n) is 11.2. The Labute approximate surface area is 197 Å². The number of ether oxygens (including phenoxy) is 1. The van der Waals surface area contributed by atoms with Crippen LogP contribution in [0.5, 0.6) is 0 Å². The Kier molecular flexibility index (Phi) is 6.32. The molecule has 0 spiro atoms. The van der Waals surface area contributed by atoms with Gasteiger partial charge < -0.3 is 15.0 Å². The van der Waals surface area contributed by atoms with Crippen LogP contribution in [0, 0.1) is 5.92 Å². The SMILES string of the molecule is COCc1nc(N2CCC(C(=O)Nc3ccccc3)CC2)c2c(-c3ccccc3)csc2n1. The van der Waals surface area contributed by atoms with Crippen molar-refractivity contribution in [1.82, 2.24) is 9.97 Å². The van der Waals surface area contributed by atoms with Crippen molar-refractivity contribution in [1.29, 1.82) is 0 Å². The van der Waals surface area contributed by atoms with Gasteiger partial charge in [0.2, 0.25) is 5.91 Å². The Bertz CT molecular complexity index is 1240. The summed E-state index contributed by atoms with van der Waals surface area (Å²) in [6.07, 6.45) is 1.57. The molecule has 6 nitrogen and oxygen atoms in total. The van der Waals surface area contributed by atoms with Crippen LogP contribution in [0.3, 0.4) is 0 Å². The van der Waals surface area contributed by atoms with Gasteiger partial charge in [0.25, 0.3) is 0 Å². The van der Waals surface area contributed by atoms with Gasteiger partial charge in [-0.05, 0) is 30.5 Å². The summed E-state index contributed by atoms with van der Waals surface area (Å²) in [7, 11) is 1.66. The molecule has 3 heterocycles. The monoisotopic (exact) mass is 458 g/mol. The van der Waals surface area contributed by atoms with E-state index in [0.29, 0.717) is 12.4 Å². The third kappa shape index (κ3) is 4.60. The average molecular weight is 459 g/mol. The Hall–Kier alpha value is -3.29. The van der Waals surface area contributed by atoms with Gasteiger partial charge in [0, 0.05) is 42.7 Å². The fraction of sp³-hybridized carbons (Fsp3) is 0.269. The summed E-state index contributed by atoms with van der Waals surface area (Å²) in [6.45, 7) is 1.92. The highest BCUT2D eigenvalue weighted by Crippen LogP contribution is 2.39. The van der Waals surface area contributed by atoms with Gasteiger partial charge in [-0.15, -0.1) is 11.3 Å². The smallest absolute Gasteiger partial charge is 0.227 e. The van der Waals surface area contributed by atoms with E-state index in [0.717, 1.165) is 58.8 Å². The Balaban J connectivity index is 1.41. The number of carbonyl (C=O) groups excluding carboxylic acids is 1. The van der Waals surface area contributed by atoms with E-state index in [4.69, 9.17) is 14.7 Å². The summed E-state index contributed by atoms with van der Waals surface area (Å²) in [5.41, 5.74) is 3.15. The van der Waals surface area contributed by atoms with E-state index in [1.807, 2.05) is 36.4 Å². The van der Waals surface area contributed by atoms with E-state index >= 15 is 0 Å². The number of nitrogens with zero attached hydrogens (tertiary/aromatic N) is 3. The van der Waals surface area contributed by atoms with Gasteiger partial charge in [0.1, 0.15) is 17.3 Å². The van der Waals surface area contributed by atoms with Crippen molar-refractivity contribution in [2.45, 2.75) is 19.4 Å². The van der Waals surface area contributed by atoms with Crippen LogP contribution in [-0.4, -0.2) is 36.1 Å². The lowest BCUT2D eigenvalue weighted by Crippen LogP contribution is -2.38. The zero-order valence-corrected chi connectivity index (χ0v) is 19.3. The van der Waals surface area contributed by atoms with E-state index in [2.05, 4.69) is 39.9 Å². The quantitative estimate of drug-likeness (QED) is 0.421. The number of benzene rings is 2. The van der Waals surface area contributed by atoms with Gasteiger partial charge in [-0.3, -0.25) is 4.79 Å². The molecule has 1 aliphatic heterocycles. The van der Waals surface area contributed by atoms with Crippen molar-refractivity contribution in [3.8, 4) is 11.1 Å². The molecule has 0 bridgehead atoms. The van der Waals surface area contributed by atoms with Gasteiger partial charge >= 0.3 is 0 Å². The molecule has 1 fully saturated rings. The number of rotatable bonds is 6. The van der Waals surface area contributed by atoms with Crippen LogP contribution < -0.4 is 10.2 Å². The summed E-state index contributed by atoms with van der Waals surface area (Å²) < 4.78 is 5.32. The minimum atomic E-state index is -0.00621. The predicted octanol–water partition coefficient (Wildman–Crippen LogP) is 5.36. The summed E-state index contributed by atoms with van der Waals surface area (Å²) in [4.78, 5) is 25.7. The zero-order valence-electron chi connectivity index (χ0n) is 18.5. The number of fused-ring (bicyclic) bond motifs is 1.